The van der Waals surface area contributed by atoms with Crippen molar-refractivity contribution in [3.63, 3.8) is 0 Å². The number of para-hydroxylation sites is 1. The molecule has 1 saturated heterocycles. The molecule has 0 aliphatic carbocycles. The average molecular weight is 282 g/mol. The van der Waals surface area contributed by atoms with Crippen molar-refractivity contribution >= 4 is 21.5 Å². The number of ether oxygens (including phenoxy) is 1. The van der Waals surface area contributed by atoms with E-state index in [-0.39, 0.29) is 0 Å². The van der Waals surface area contributed by atoms with Crippen molar-refractivity contribution in [2.75, 3.05) is 31.0 Å². The molecule has 0 bridgehead atoms. The molecule has 0 spiro atoms. The molecule has 0 amide bonds. The predicted octanol–water partition coefficient (Wildman–Crippen LogP) is 2.10. The van der Waals surface area contributed by atoms with Gasteiger partial charge in [-0.2, -0.15) is 0 Å². The number of hydrogen-bond acceptors (Lipinski definition) is 2. The van der Waals surface area contributed by atoms with Crippen LogP contribution in [0.4, 0.5) is 5.69 Å². The normalized spacial score (nSPS) is 20.2. The summed E-state index contributed by atoms with van der Waals surface area (Å²) in [6, 6.07) is 7.96. The lowest BCUT2D eigenvalue weighted by molar-refractivity contribution is 0.0751. The third kappa shape index (κ3) is 3.49. The lowest BCUT2D eigenvalue weighted by atomic mass is 10.0. The van der Waals surface area contributed by atoms with Gasteiger partial charge < -0.3 is 9.46 Å². The minimum atomic E-state index is -2.49. The van der Waals surface area contributed by atoms with E-state index in [0.29, 0.717) is 32.2 Å². The molecule has 1 N–H and O–H groups in total. The van der Waals surface area contributed by atoms with Gasteiger partial charge in [-0.15, -0.1) is 0 Å². The molecule has 1 aliphatic heterocycles. The fourth-order valence-corrected chi connectivity index (χ4v) is 3.57. The van der Waals surface area contributed by atoms with Crippen LogP contribution in [-0.4, -0.2) is 40.7 Å². The summed E-state index contributed by atoms with van der Waals surface area (Å²) >= 11 is 0. The summed E-state index contributed by atoms with van der Waals surface area (Å²) < 4.78 is 23.0. The Balaban J connectivity index is 2.20. The van der Waals surface area contributed by atoms with Gasteiger partial charge in [-0.05, 0) is 23.4 Å². The third-order valence-corrected chi connectivity index (χ3v) is 4.98. The summed E-state index contributed by atoms with van der Waals surface area (Å²) in [4.78, 5) is 0. The smallest absolute Gasteiger partial charge is 0.109 e. The SMILES string of the molecule is C=S(=O)(Nc1ccccc1C(C)C)N1CCOCC1. The molecule has 0 radical (unpaired) electrons. The maximum atomic E-state index is 12.7. The highest BCUT2D eigenvalue weighted by atomic mass is 32.2. The van der Waals surface area contributed by atoms with Crippen LogP contribution in [0.5, 0.6) is 0 Å². The third-order valence-electron chi connectivity index (χ3n) is 3.24. The van der Waals surface area contributed by atoms with Crippen LogP contribution >= 0.6 is 0 Å². The number of morpholine rings is 1. The van der Waals surface area contributed by atoms with Gasteiger partial charge in [-0.3, -0.25) is 0 Å². The fourth-order valence-electron chi connectivity index (χ4n) is 2.17. The van der Waals surface area contributed by atoms with Crippen molar-refractivity contribution in [3.8, 4) is 0 Å². The van der Waals surface area contributed by atoms with Gasteiger partial charge in [-0.25, -0.2) is 8.51 Å². The summed E-state index contributed by atoms with van der Waals surface area (Å²) in [5, 5.41) is 0. The van der Waals surface area contributed by atoms with Crippen molar-refractivity contribution in [1.29, 1.82) is 0 Å². The van der Waals surface area contributed by atoms with Gasteiger partial charge in [0, 0.05) is 13.1 Å². The molecular weight excluding hydrogens is 260 g/mol. The largest absolute Gasteiger partial charge is 0.379 e. The van der Waals surface area contributed by atoms with E-state index < -0.39 is 9.89 Å². The van der Waals surface area contributed by atoms with E-state index in [1.165, 1.54) is 0 Å². The van der Waals surface area contributed by atoms with Gasteiger partial charge in [-0.1, -0.05) is 32.0 Å². The van der Waals surface area contributed by atoms with Crippen LogP contribution in [0.15, 0.2) is 24.3 Å². The van der Waals surface area contributed by atoms with Gasteiger partial charge >= 0.3 is 0 Å². The van der Waals surface area contributed by atoms with Crippen LogP contribution in [-0.2, 0) is 14.6 Å². The second kappa shape index (κ2) is 5.94. The molecule has 1 aliphatic rings. The highest BCUT2D eigenvalue weighted by Gasteiger charge is 2.20. The molecule has 1 aromatic rings. The molecule has 1 aromatic carbocycles. The lowest BCUT2D eigenvalue weighted by Gasteiger charge is -2.31. The highest BCUT2D eigenvalue weighted by molar-refractivity contribution is 7.99. The van der Waals surface area contributed by atoms with E-state index in [2.05, 4.69) is 30.5 Å². The van der Waals surface area contributed by atoms with Crippen LogP contribution in [0.3, 0.4) is 0 Å². The van der Waals surface area contributed by atoms with E-state index >= 15 is 0 Å². The zero-order chi connectivity index (χ0) is 13.9. The number of nitrogens with one attached hydrogen (secondary N) is 1. The van der Waals surface area contributed by atoms with Crippen molar-refractivity contribution in [1.82, 2.24) is 4.31 Å². The summed E-state index contributed by atoms with van der Waals surface area (Å²) in [7, 11) is -2.49. The fraction of sp³-hybridized carbons (Fsp3) is 0.500. The number of rotatable bonds is 4. The summed E-state index contributed by atoms with van der Waals surface area (Å²) in [5.41, 5.74) is 2.07. The molecule has 1 heterocycles. The number of benzene rings is 1. The molecule has 5 heteroatoms. The molecule has 1 atom stereocenters. The second-order valence-corrected chi connectivity index (χ2v) is 7.03. The number of anilines is 1. The minimum absolute atomic E-state index is 0.378. The first-order chi connectivity index (χ1) is 9.00. The average Bonchev–Trinajstić information content (AvgIpc) is 2.39. The number of nitrogens with zero attached hydrogens (tertiary/aromatic N) is 1. The van der Waals surface area contributed by atoms with E-state index in [1.54, 1.807) is 0 Å². The van der Waals surface area contributed by atoms with Gasteiger partial charge in [0.05, 0.1) is 18.9 Å². The highest BCUT2D eigenvalue weighted by Crippen LogP contribution is 2.25. The van der Waals surface area contributed by atoms with Crippen LogP contribution in [0.2, 0.25) is 0 Å². The van der Waals surface area contributed by atoms with Crippen LogP contribution in [0.1, 0.15) is 25.3 Å². The maximum absolute atomic E-state index is 12.7. The Bertz CT molecular complexity index is 520. The molecule has 1 fully saturated rings. The molecule has 106 valence electrons. The molecule has 1 unspecified atom stereocenters. The number of hydrogen-bond donors (Lipinski definition) is 1. The van der Waals surface area contributed by atoms with Crippen molar-refractivity contribution in [3.05, 3.63) is 29.8 Å². The van der Waals surface area contributed by atoms with E-state index in [0.717, 1.165) is 11.3 Å². The van der Waals surface area contributed by atoms with Crippen molar-refractivity contribution in [2.45, 2.75) is 19.8 Å². The van der Waals surface area contributed by atoms with E-state index in [9.17, 15) is 4.21 Å². The topological polar surface area (TPSA) is 41.6 Å². The van der Waals surface area contributed by atoms with E-state index in [4.69, 9.17) is 4.74 Å². The first-order valence-corrected chi connectivity index (χ1v) is 8.26. The standard InChI is InChI=1S/C14H22N2O2S/c1-12(2)13-6-4-5-7-14(13)15-19(3,17)16-8-10-18-11-9-16/h4-7,12H,3,8-11H2,1-2H3,(H,15,17). The van der Waals surface area contributed by atoms with Gasteiger partial charge in [0.1, 0.15) is 9.89 Å². The quantitative estimate of drug-likeness (QED) is 0.859. The lowest BCUT2D eigenvalue weighted by Crippen LogP contribution is -2.43. The Morgan fingerprint density at radius 2 is 1.95 bits per heavy atom. The Morgan fingerprint density at radius 1 is 1.32 bits per heavy atom. The zero-order valence-electron chi connectivity index (χ0n) is 11.6. The first-order valence-electron chi connectivity index (χ1n) is 6.57. The molecule has 4 nitrogen and oxygen atoms in total. The Morgan fingerprint density at radius 3 is 2.58 bits per heavy atom. The van der Waals surface area contributed by atoms with Crippen molar-refractivity contribution < 1.29 is 8.95 Å². The summed E-state index contributed by atoms with van der Waals surface area (Å²) in [6.45, 7) is 6.78. The minimum Gasteiger partial charge on any atom is -0.379 e. The monoisotopic (exact) mass is 282 g/mol. The van der Waals surface area contributed by atoms with Gasteiger partial charge in [0.2, 0.25) is 0 Å². The summed E-state index contributed by atoms with van der Waals surface area (Å²) in [6.07, 6.45) is 0. The Kier molecular flexibility index (Phi) is 4.50. The maximum Gasteiger partial charge on any atom is 0.109 e. The van der Waals surface area contributed by atoms with Gasteiger partial charge in [0.25, 0.3) is 0 Å². The van der Waals surface area contributed by atoms with Crippen LogP contribution < -0.4 is 4.72 Å². The first kappa shape index (κ1) is 14.4. The second-order valence-electron chi connectivity index (χ2n) is 5.03. The predicted molar refractivity (Wildman–Crippen MR) is 81.8 cm³/mol. The molecule has 19 heavy (non-hydrogen) atoms. The Hall–Kier alpha value is -1.04. The van der Waals surface area contributed by atoms with Crippen LogP contribution in [0, 0.1) is 0 Å². The molecule has 0 aromatic heterocycles. The Labute approximate surface area is 116 Å². The van der Waals surface area contributed by atoms with Crippen LogP contribution in [0.25, 0.3) is 0 Å². The zero-order valence-corrected chi connectivity index (χ0v) is 12.4. The van der Waals surface area contributed by atoms with Crippen molar-refractivity contribution in [2.24, 2.45) is 0 Å². The molecular formula is C14H22N2O2S. The molecule has 2 rings (SSSR count). The molecule has 0 saturated carbocycles. The summed E-state index contributed by atoms with van der Waals surface area (Å²) in [5.74, 6) is 4.25. The van der Waals surface area contributed by atoms with Gasteiger partial charge in [0.15, 0.2) is 0 Å². The van der Waals surface area contributed by atoms with E-state index in [1.807, 2.05) is 22.5 Å².